The van der Waals surface area contributed by atoms with Crippen molar-refractivity contribution in [3.63, 3.8) is 0 Å². The van der Waals surface area contributed by atoms with Gasteiger partial charge >= 0.3 is 0 Å². The minimum absolute atomic E-state index is 0.254. The van der Waals surface area contributed by atoms with Crippen LogP contribution in [0.4, 0.5) is 0 Å². The molecular weight excluding hydrogens is 334 g/mol. The molecule has 0 spiro atoms. The summed E-state index contributed by atoms with van der Waals surface area (Å²) in [5.41, 5.74) is 0. The van der Waals surface area contributed by atoms with Gasteiger partial charge in [0.25, 0.3) is 0 Å². The van der Waals surface area contributed by atoms with Gasteiger partial charge in [-0.15, -0.1) is 23.1 Å². The van der Waals surface area contributed by atoms with Crippen LogP contribution in [0.2, 0.25) is 0 Å². The van der Waals surface area contributed by atoms with Gasteiger partial charge in [-0.3, -0.25) is 4.79 Å². The number of hydrogen-bond acceptors (Lipinski definition) is 3. The Labute approximate surface area is 150 Å². The number of amides is 1. The molecule has 2 heterocycles. The fourth-order valence-corrected chi connectivity index (χ4v) is 5.03. The van der Waals surface area contributed by atoms with Crippen molar-refractivity contribution in [3.05, 3.63) is 64.9 Å². The number of likely N-dealkylation sites (tertiary alicyclic amines) is 1. The molecule has 3 aromatic rings. The van der Waals surface area contributed by atoms with E-state index in [4.69, 9.17) is 0 Å². The van der Waals surface area contributed by atoms with Crippen molar-refractivity contribution in [2.24, 2.45) is 0 Å². The number of hydrogen-bond donors (Lipinski definition) is 0. The summed E-state index contributed by atoms with van der Waals surface area (Å²) in [5, 5.41) is 4.57. The molecule has 1 saturated heterocycles. The molecule has 122 valence electrons. The van der Waals surface area contributed by atoms with Gasteiger partial charge < -0.3 is 4.90 Å². The molecule has 1 aliphatic rings. The van der Waals surface area contributed by atoms with E-state index in [9.17, 15) is 4.79 Å². The zero-order valence-electron chi connectivity index (χ0n) is 13.4. The lowest BCUT2D eigenvalue weighted by molar-refractivity contribution is -0.129. The van der Waals surface area contributed by atoms with Gasteiger partial charge in [-0.2, -0.15) is 0 Å². The number of carbonyl (C=O) groups excluding carboxylic acids is 1. The van der Waals surface area contributed by atoms with Crippen LogP contribution in [0.5, 0.6) is 0 Å². The number of carbonyl (C=O) groups is 1. The minimum Gasteiger partial charge on any atom is -0.334 e. The third-order valence-electron chi connectivity index (χ3n) is 4.53. The molecule has 1 aliphatic heterocycles. The fourth-order valence-electron chi connectivity index (χ4n) is 3.33. The summed E-state index contributed by atoms with van der Waals surface area (Å²) in [6.45, 7) is 0.889. The lowest BCUT2D eigenvalue weighted by Crippen LogP contribution is -2.31. The van der Waals surface area contributed by atoms with Gasteiger partial charge in [0.15, 0.2) is 0 Å². The lowest BCUT2D eigenvalue weighted by atomic mass is 10.1. The third kappa shape index (κ3) is 3.21. The molecule has 0 bridgehead atoms. The molecule has 0 saturated carbocycles. The molecule has 0 aliphatic carbocycles. The van der Waals surface area contributed by atoms with Crippen LogP contribution < -0.4 is 0 Å². The highest BCUT2D eigenvalue weighted by atomic mass is 32.2. The second-order valence-corrected chi connectivity index (χ2v) is 8.09. The zero-order chi connectivity index (χ0) is 16.4. The first kappa shape index (κ1) is 15.7. The number of fused-ring (bicyclic) bond motifs is 1. The third-order valence-corrected chi connectivity index (χ3v) is 6.48. The van der Waals surface area contributed by atoms with Crippen LogP contribution in [0.1, 0.15) is 23.8 Å². The quantitative estimate of drug-likeness (QED) is 0.589. The molecule has 1 aromatic heterocycles. The van der Waals surface area contributed by atoms with Gasteiger partial charge in [0.2, 0.25) is 5.91 Å². The second kappa shape index (κ2) is 6.99. The second-order valence-electron chi connectivity index (χ2n) is 6.06. The van der Waals surface area contributed by atoms with Crippen molar-refractivity contribution < 1.29 is 4.79 Å². The summed E-state index contributed by atoms with van der Waals surface area (Å²) in [7, 11) is 0. The highest BCUT2D eigenvalue weighted by Gasteiger charge is 2.30. The molecule has 0 N–H and O–H groups in total. The maximum atomic E-state index is 12.7. The highest BCUT2D eigenvalue weighted by molar-refractivity contribution is 8.00. The topological polar surface area (TPSA) is 20.3 Å². The monoisotopic (exact) mass is 353 g/mol. The van der Waals surface area contributed by atoms with Crippen molar-refractivity contribution in [3.8, 4) is 0 Å². The van der Waals surface area contributed by atoms with Crippen molar-refractivity contribution in [2.75, 3.05) is 12.3 Å². The Bertz CT molecular complexity index is 844. The first-order valence-corrected chi connectivity index (χ1v) is 10.1. The van der Waals surface area contributed by atoms with E-state index in [2.05, 4.69) is 64.9 Å². The molecule has 1 atom stereocenters. The first-order chi connectivity index (χ1) is 11.8. The number of rotatable bonds is 4. The minimum atomic E-state index is 0.254. The maximum Gasteiger partial charge on any atom is 0.233 e. The average molecular weight is 354 g/mol. The van der Waals surface area contributed by atoms with Crippen molar-refractivity contribution in [1.82, 2.24) is 4.90 Å². The zero-order valence-corrected chi connectivity index (χ0v) is 15.0. The van der Waals surface area contributed by atoms with Crippen LogP contribution in [0.15, 0.2) is 64.9 Å². The molecule has 1 unspecified atom stereocenters. The van der Waals surface area contributed by atoms with Crippen LogP contribution >= 0.6 is 23.1 Å². The maximum absolute atomic E-state index is 12.7. The lowest BCUT2D eigenvalue weighted by Gasteiger charge is -2.23. The summed E-state index contributed by atoms with van der Waals surface area (Å²) in [4.78, 5) is 17.2. The Kier molecular flexibility index (Phi) is 4.58. The van der Waals surface area contributed by atoms with Gasteiger partial charge in [-0.05, 0) is 47.2 Å². The Morgan fingerprint density at radius 2 is 2.00 bits per heavy atom. The predicted octanol–water partition coefficient (Wildman–Crippen LogP) is 5.36. The Balaban J connectivity index is 1.43. The van der Waals surface area contributed by atoms with Crippen LogP contribution in [-0.4, -0.2) is 23.1 Å². The van der Waals surface area contributed by atoms with Gasteiger partial charge in [0.1, 0.15) is 0 Å². The van der Waals surface area contributed by atoms with Crippen molar-refractivity contribution in [1.29, 1.82) is 0 Å². The number of thioether (sulfide) groups is 1. The van der Waals surface area contributed by atoms with E-state index in [1.165, 1.54) is 15.6 Å². The smallest absolute Gasteiger partial charge is 0.233 e. The van der Waals surface area contributed by atoms with Crippen LogP contribution in [0, 0.1) is 0 Å². The number of thiophene rings is 1. The number of benzene rings is 2. The highest BCUT2D eigenvalue weighted by Crippen LogP contribution is 2.35. The largest absolute Gasteiger partial charge is 0.334 e. The molecule has 4 rings (SSSR count). The summed E-state index contributed by atoms with van der Waals surface area (Å²) >= 11 is 3.40. The molecule has 24 heavy (non-hydrogen) atoms. The van der Waals surface area contributed by atoms with Crippen LogP contribution in [0.25, 0.3) is 10.8 Å². The van der Waals surface area contributed by atoms with Crippen LogP contribution in [-0.2, 0) is 4.79 Å². The van der Waals surface area contributed by atoms with E-state index >= 15 is 0 Å². The molecule has 4 heteroatoms. The summed E-state index contributed by atoms with van der Waals surface area (Å²) in [5.74, 6) is 0.768. The summed E-state index contributed by atoms with van der Waals surface area (Å²) in [6, 6.07) is 19.3. The van der Waals surface area contributed by atoms with Gasteiger partial charge in [-0.25, -0.2) is 0 Å². The Hall–Kier alpha value is -1.78. The van der Waals surface area contributed by atoms with Crippen molar-refractivity contribution >= 4 is 39.8 Å². The van der Waals surface area contributed by atoms with Gasteiger partial charge in [0.05, 0.1) is 11.8 Å². The van der Waals surface area contributed by atoms with Gasteiger partial charge in [-0.1, -0.05) is 36.4 Å². The summed E-state index contributed by atoms with van der Waals surface area (Å²) < 4.78 is 0. The SMILES string of the molecule is O=C(CSc1ccc2ccccc2c1)N1CCCC1c1cccs1. The normalized spacial score (nSPS) is 17.5. The van der Waals surface area contributed by atoms with E-state index in [1.54, 1.807) is 23.1 Å². The fraction of sp³-hybridized carbons (Fsp3) is 0.250. The summed E-state index contributed by atoms with van der Waals surface area (Å²) in [6.07, 6.45) is 2.20. The standard InChI is InChI=1S/C20H19NOS2/c22-20(21-11-3-7-18(21)19-8-4-12-23-19)14-24-17-10-9-15-5-1-2-6-16(15)13-17/h1-2,4-6,8-10,12-13,18H,3,7,11,14H2. The van der Waals surface area contributed by atoms with Crippen molar-refractivity contribution in [2.45, 2.75) is 23.8 Å². The Morgan fingerprint density at radius 3 is 2.83 bits per heavy atom. The molecule has 2 nitrogen and oxygen atoms in total. The van der Waals surface area contributed by atoms with Gasteiger partial charge in [0, 0.05) is 16.3 Å². The van der Waals surface area contributed by atoms with E-state index in [-0.39, 0.29) is 11.9 Å². The van der Waals surface area contributed by atoms with Crippen LogP contribution in [0.3, 0.4) is 0 Å². The average Bonchev–Trinajstić information content (AvgIpc) is 3.30. The number of nitrogens with zero attached hydrogens (tertiary/aromatic N) is 1. The first-order valence-electron chi connectivity index (χ1n) is 8.26. The molecule has 1 amide bonds. The molecule has 2 aromatic carbocycles. The van der Waals surface area contributed by atoms with E-state index in [0.717, 1.165) is 24.3 Å². The molecule has 1 fully saturated rings. The van der Waals surface area contributed by atoms with E-state index in [0.29, 0.717) is 5.75 Å². The predicted molar refractivity (Wildman–Crippen MR) is 103 cm³/mol. The van der Waals surface area contributed by atoms with E-state index < -0.39 is 0 Å². The Morgan fingerprint density at radius 1 is 1.12 bits per heavy atom. The van der Waals surface area contributed by atoms with E-state index in [1.807, 2.05) is 0 Å². The molecule has 0 radical (unpaired) electrons. The molecular formula is C20H19NOS2.